The van der Waals surface area contributed by atoms with Gasteiger partial charge < -0.3 is 14.5 Å². The number of hydrogen-bond donors (Lipinski definition) is 1. The fourth-order valence-electron chi connectivity index (χ4n) is 3.18. The third-order valence-corrected chi connectivity index (χ3v) is 4.24. The molecule has 0 amide bonds. The molecule has 0 aliphatic heterocycles. The van der Waals surface area contributed by atoms with Gasteiger partial charge in [0.25, 0.3) is 0 Å². The molecule has 0 saturated carbocycles. The van der Waals surface area contributed by atoms with Gasteiger partial charge in [-0.25, -0.2) is 0 Å². The van der Waals surface area contributed by atoms with E-state index in [2.05, 4.69) is 30.4 Å². The first kappa shape index (κ1) is 14.2. The van der Waals surface area contributed by atoms with Crippen molar-refractivity contribution in [2.45, 2.75) is 44.7 Å². The van der Waals surface area contributed by atoms with Crippen LogP contribution in [0.2, 0.25) is 0 Å². The van der Waals surface area contributed by atoms with Gasteiger partial charge in [0.05, 0.1) is 13.4 Å². The second-order valence-corrected chi connectivity index (χ2v) is 5.86. The third kappa shape index (κ3) is 3.30. The lowest BCUT2D eigenvalue weighted by Crippen LogP contribution is -2.33. The summed E-state index contributed by atoms with van der Waals surface area (Å²) in [6.07, 6.45) is 6.31. The summed E-state index contributed by atoms with van der Waals surface area (Å²) in [6.45, 7) is 2.25. The lowest BCUT2D eigenvalue weighted by atomic mass is 9.92. The molecule has 1 heterocycles. The number of ether oxygens (including phenoxy) is 1. The molecule has 1 aromatic heterocycles. The van der Waals surface area contributed by atoms with E-state index >= 15 is 0 Å². The fourth-order valence-corrected chi connectivity index (χ4v) is 3.18. The summed E-state index contributed by atoms with van der Waals surface area (Å²) < 4.78 is 10.8. The molecule has 3 nitrogen and oxygen atoms in total. The third-order valence-electron chi connectivity index (χ3n) is 4.24. The predicted octanol–water partition coefficient (Wildman–Crippen LogP) is 3.89. The first-order valence-electron chi connectivity index (χ1n) is 7.71. The molecular formula is C18H23NO2. The summed E-state index contributed by atoms with van der Waals surface area (Å²) in [6, 6.07) is 11.3. The Morgan fingerprint density at radius 2 is 2.10 bits per heavy atom. The number of aryl methyl sites for hydroxylation is 1. The maximum absolute atomic E-state index is 5.56. The van der Waals surface area contributed by atoms with Crippen molar-refractivity contribution in [3.63, 3.8) is 0 Å². The molecule has 0 saturated heterocycles. The number of hydrogen-bond acceptors (Lipinski definition) is 3. The van der Waals surface area contributed by atoms with Crippen LogP contribution in [0.1, 0.15) is 42.7 Å². The number of nitrogens with one attached hydrogen (secondary N) is 1. The highest BCUT2D eigenvalue weighted by molar-refractivity contribution is 5.28. The van der Waals surface area contributed by atoms with Crippen molar-refractivity contribution in [1.82, 2.24) is 5.32 Å². The largest absolute Gasteiger partial charge is 0.497 e. The molecule has 0 radical (unpaired) electrons. The summed E-state index contributed by atoms with van der Waals surface area (Å²) >= 11 is 0. The summed E-state index contributed by atoms with van der Waals surface area (Å²) in [7, 11) is 1.70. The molecule has 0 spiro atoms. The van der Waals surface area contributed by atoms with Crippen LogP contribution in [-0.4, -0.2) is 13.2 Å². The average Bonchev–Trinajstić information content (AvgIpc) is 2.97. The van der Waals surface area contributed by atoms with Crippen LogP contribution >= 0.6 is 0 Å². The van der Waals surface area contributed by atoms with Crippen molar-refractivity contribution >= 4 is 0 Å². The van der Waals surface area contributed by atoms with Crippen LogP contribution in [-0.2, 0) is 12.8 Å². The molecule has 2 aromatic rings. The minimum absolute atomic E-state index is 0.431. The topological polar surface area (TPSA) is 34.4 Å². The van der Waals surface area contributed by atoms with Crippen molar-refractivity contribution in [1.29, 1.82) is 0 Å². The molecule has 3 heteroatoms. The molecule has 2 unspecified atom stereocenters. The van der Waals surface area contributed by atoms with E-state index in [1.165, 1.54) is 24.0 Å². The SMILES string of the molecule is COc1ccc(CC(C)NC2CCCc3occc32)cc1. The summed E-state index contributed by atoms with van der Waals surface area (Å²) in [5.74, 6) is 2.07. The zero-order valence-corrected chi connectivity index (χ0v) is 12.8. The smallest absolute Gasteiger partial charge is 0.118 e. The van der Waals surface area contributed by atoms with E-state index < -0.39 is 0 Å². The van der Waals surface area contributed by atoms with Gasteiger partial charge in [-0.2, -0.15) is 0 Å². The molecule has 1 aromatic carbocycles. The highest BCUT2D eigenvalue weighted by atomic mass is 16.5. The van der Waals surface area contributed by atoms with Crippen LogP contribution < -0.4 is 10.1 Å². The van der Waals surface area contributed by atoms with Gasteiger partial charge in [-0.15, -0.1) is 0 Å². The number of furan rings is 1. The second kappa shape index (κ2) is 6.35. The van der Waals surface area contributed by atoms with Crippen LogP contribution in [0.4, 0.5) is 0 Å². The molecule has 1 N–H and O–H groups in total. The lowest BCUT2D eigenvalue weighted by Gasteiger charge is -2.26. The fraction of sp³-hybridized carbons (Fsp3) is 0.444. The van der Waals surface area contributed by atoms with Crippen LogP contribution in [0.5, 0.6) is 5.75 Å². The van der Waals surface area contributed by atoms with E-state index in [-0.39, 0.29) is 0 Å². The molecule has 2 atom stereocenters. The van der Waals surface area contributed by atoms with Gasteiger partial charge in [0, 0.05) is 24.1 Å². The molecule has 3 rings (SSSR count). The Morgan fingerprint density at radius 1 is 1.29 bits per heavy atom. The minimum Gasteiger partial charge on any atom is -0.497 e. The molecule has 21 heavy (non-hydrogen) atoms. The Balaban J connectivity index is 1.60. The Hall–Kier alpha value is -1.74. The Labute approximate surface area is 126 Å². The van der Waals surface area contributed by atoms with E-state index in [1.807, 2.05) is 18.4 Å². The molecular weight excluding hydrogens is 262 g/mol. The summed E-state index contributed by atoms with van der Waals surface area (Å²) in [5.41, 5.74) is 2.68. The van der Waals surface area contributed by atoms with Crippen molar-refractivity contribution < 1.29 is 9.15 Å². The van der Waals surface area contributed by atoms with Crippen molar-refractivity contribution in [3.05, 3.63) is 53.5 Å². The van der Waals surface area contributed by atoms with Gasteiger partial charge in [-0.3, -0.25) is 0 Å². The quantitative estimate of drug-likeness (QED) is 0.905. The standard InChI is InChI=1S/C18H23NO2/c1-13(12-14-6-8-15(20-2)9-7-14)19-17-4-3-5-18-16(17)10-11-21-18/h6-11,13,17,19H,3-5,12H2,1-2H3. The molecule has 112 valence electrons. The van der Waals surface area contributed by atoms with Gasteiger partial charge in [0.1, 0.15) is 11.5 Å². The first-order chi connectivity index (χ1) is 10.3. The zero-order valence-electron chi connectivity index (χ0n) is 12.8. The van der Waals surface area contributed by atoms with Gasteiger partial charge in [-0.1, -0.05) is 12.1 Å². The van der Waals surface area contributed by atoms with Crippen LogP contribution in [0.3, 0.4) is 0 Å². The average molecular weight is 285 g/mol. The number of methoxy groups -OCH3 is 1. The van der Waals surface area contributed by atoms with Crippen LogP contribution in [0, 0.1) is 0 Å². The van der Waals surface area contributed by atoms with E-state index in [1.54, 1.807) is 7.11 Å². The van der Waals surface area contributed by atoms with Gasteiger partial charge in [-0.05, 0) is 49.9 Å². The van der Waals surface area contributed by atoms with E-state index in [4.69, 9.17) is 9.15 Å². The number of fused-ring (bicyclic) bond motifs is 1. The van der Waals surface area contributed by atoms with Crippen molar-refractivity contribution in [2.24, 2.45) is 0 Å². The molecule has 1 aliphatic carbocycles. The second-order valence-electron chi connectivity index (χ2n) is 5.86. The van der Waals surface area contributed by atoms with E-state index in [0.29, 0.717) is 12.1 Å². The molecule has 1 aliphatic rings. The van der Waals surface area contributed by atoms with Crippen molar-refractivity contribution in [3.8, 4) is 5.75 Å². The Kier molecular flexibility index (Phi) is 4.30. The Bertz CT molecular complexity index is 573. The normalized spacial score (nSPS) is 19.0. The molecule has 0 fully saturated rings. The van der Waals surface area contributed by atoms with Gasteiger partial charge >= 0.3 is 0 Å². The maximum atomic E-state index is 5.56. The van der Waals surface area contributed by atoms with Gasteiger partial charge in [0.15, 0.2) is 0 Å². The minimum atomic E-state index is 0.431. The Morgan fingerprint density at radius 3 is 2.86 bits per heavy atom. The van der Waals surface area contributed by atoms with E-state index in [9.17, 15) is 0 Å². The summed E-state index contributed by atoms with van der Waals surface area (Å²) in [4.78, 5) is 0. The lowest BCUT2D eigenvalue weighted by molar-refractivity contribution is 0.380. The predicted molar refractivity (Wildman–Crippen MR) is 83.7 cm³/mol. The maximum Gasteiger partial charge on any atom is 0.118 e. The van der Waals surface area contributed by atoms with Crippen LogP contribution in [0.25, 0.3) is 0 Å². The summed E-state index contributed by atoms with van der Waals surface area (Å²) in [5, 5.41) is 3.75. The highest BCUT2D eigenvalue weighted by Crippen LogP contribution is 2.30. The first-order valence-corrected chi connectivity index (χ1v) is 7.71. The van der Waals surface area contributed by atoms with Gasteiger partial charge in [0.2, 0.25) is 0 Å². The monoisotopic (exact) mass is 285 g/mol. The molecule has 0 bridgehead atoms. The zero-order chi connectivity index (χ0) is 14.7. The number of rotatable bonds is 5. The van der Waals surface area contributed by atoms with Crippen molar-refractivity contribution in [2.75, 3.05) is 7.11 Å². The highest BCUT2D eigenvalue weighted by Gasteiger charge is 2.23. The number of benzene rings is 1. The van der Waals surface area contributed by atoms with E-state index in [0.717, 1.165) is 24.4 Å². The van der Waals surface area contributed by atoms with Crippen LogP contribution in [0.15, 0.2) is 41.0 Å².